The maximum Gasteiger partial charge on any atom is 0.322 e. The van der Waals surface area contributed by atoms with Crippen LogP contribution in [0.15, 0.2) is 78.5 Å². The predicted molar refractivity (Wildman–Crippen MR) is 142 cm³/mol. The number of rotatable bonds is 7. The Kier molecular flexibility index (Phi) is 6.97. The second kappa shape index (κ2) is 10.3. The smallest absolute Gasteiger partial charge is 0.322 e. The molecule has 6 nitrogen and oxygen atoms in total. The monoisotopic (exact) mass is 484 g/mol. The number of piperidine rings is 1. The molecule has 0 aromatic heterocycles. The van der Waals surface area contributed by atoms with Crippen molar-refractivity contribution in [2.75, 3.05) is 26.2 Å². The molecule has 0 saturated carbocycles. The molecule has 2 aromatic rings. The average molecular weight is 485 g/mol. The van der Waals surface area contributed by atoms with Crippen LogP contribution in [0.4, 0.5) is 4.79 Å². The molecule has 1 unspecified atom stereocenters. The van der Waals surface area contributed by atoms with Gasteiger partial charge in [0.25, 0.3) is 5.91 Å². The molecule has 5 rings (SSSR count). The molecule has 0 spiro atoms. The van der Waals surface area contributed by atoms with Crippen LogP contribution < -0.4 is 5.32 Å². The van der Waals surface area contributed by atoms with Crippen LogP contribution in [0.2, 0.25) is 0 Å². The Bertz CT molecular complexity index is 1150. The molecule has 1 fully saturated rings. The Morgan fingerprint density at radius 1 is 1.03 bits per heavy atom. The second-order valence-corrected chi connectivity index (χ2v) is 10.4. The van der Waals surface area contributed by atoms with Crippen molar-refractivity contribution >= 4 is 11.9 Å². The van der Waals surface area contributed by atoms with Gasteiger partial charge in [0.1, 0.15) is 0 Å². The van der Waals surface area contributed by atoms with Crippen molar-refractivity contribution in [1.82, 2.24) is 20.0 Å². The highest BCUT2D eigenvalue weighted by Gasteiger charge is 2.45. The van der Waals surface area contributed by atoms with E-state index in [9.17, 15) is 9.59 Å². The molecule has 3 heterocycles. The van der Waals surface area contributed by atoms with Gasteiger partial charge < -0.3 is 10.2 Å². The molecule has 3 aliphatic rings. The summed E-state index contributed by atoms with van der Waals surface area (Å²) < 4.78 is 0. The number of likely N-dealkylation sites (tertiary alicyclic amines) is 1. The molecular formula is C30H36N4O2. The lowest BCUT2D eigenvalue weighted by molar-refractivity contribution is -0.128. The highest BCUT2D eigenvalue weighted by molar-refractivity contribution is 6.01. The van der Waals surface area contributed by atoms with Crippen molar-refractivity contribution in [3.63, 3.8) is 0 Å². The summed E-state index contributed by atoms with van der Waals surface area (Å²) in [6, 6.07) is 18.4. The van der Waals surface area contributed by atoms with Gasteiger partial charge in [-0.2, -0.15) is 0 Å². The van der Waals surface area contributed by atoms with Crippen LogP contribution in [0.1, 0.15) is 55.3 Å². The van der Waals surface area contributed by atoms with E-state index in [1.54, 1.807) is 11.0 Å². The van der Waals surface area contributed by atoms with Crippen LogP contribution in [0.5, 0.6) is 0 Å². The summed E-state index contributed by atoms with van der Waals surface area (Å²) in [5.41, 5.74) is 5.05. The van der Waals surface area contributed by atoms with E-state index < -0.39 is 6.04 Å². The molecule has 1 saturated heterocycles. The Hall–Kier alpha value is -3.38. The van der Waals surface area contributed by atoms with Crippen molar-refractivity contribution < 1.29 is 9.59 Å². The predicted octanol–water partition coefficient (Wildman–Crippen LogP) is 4.82. The minimum Gasteiger partial charge on any atom is -0.330 e. The summed E-state index contributed by atoms with van der Waals surface area (Å²) in [5.74, 6) is 0.479. The number of carbonyl (C=O) groups is 2. The van der Waals surface area contributed by atoms with Gasteiger partial charge in [-0.3, -0.25) is 14.6 Å². The standard InChI is InChI=1S/C30H36N4O2/c1-4-16-33-26-20-34(25-14-17-32(18-15-25)19-22-8-6-5-7-9-22)29(35)27(26)28(31-30(33)36)24-12-10-23(11-13-24)21(2)3/h4-13,21,25,28H,1,14-20H2,2-3H3,(H,31,36). The first-order valence-electron chi connectivity index (χ1n) is 13.0. The molecule has 1 N–H and O–H groups in total. The van der Waals surface area contributed by atoms with Crippen molar-refractivity contribution in [3.05, 3.63) is 95.2 Å². The maximum atomic E-state index is 13.9. The van der Waals surface area contributed by atoms with E-state index in [-0.39, 0.29) is 18.0 Å². The maximum absolute atomic E-state index is 13.9. The van der Waals surface area contributed by atoms with E-state index in [4.69, 9.17) is 0 Å². The van der Waals surface area contributed by atoms with Crippen LogP contribution >= 0.6 is 0 Å². The molecule has 3 aliphatic heterocycles. The topological polar surface area (TPSA) is 55.9 Å². The van der Waals surface area contributed by atoms with Gasteiger partial charge in [0.05, 0.1) is 23.9 Å². The van der Waals surface area contributed by atoms with Crippen molar-refractivity contribution in [2.24, 2.45) is 0 Å². The van der Waals surface area contributed by atoms with Gasteiger partial charge in [0, 0.05) is 32.2 Å². The van der Waals surface area contributed by atoms with Crippen LogP contribution in [-0.4, -0.2) is 58.9 Å². The van der Waals surface area contributed by atoms with Gasteiger partial charge in [-0.1, -0.05) is 74.5 Å². The number of hydrogen-bond acceptors (Lipinski definition) is 3. The molecule has 36 heavy (non-hydrogen) atoms. The first-order valence-corrected chi connectivity index (χ1v) is 13.0. The third kappa shape index (κ3) is 4.70. The minimum absolute atomic E-state index is 0.0542. The Morgan fingerprint density at radius 3 is 2.36 bits per heavy atom. The molecule has 0 radical (unpaired) electrons. The van der Waals surface area contributed by atoms with Gasteiger partial charge in [-0.15, -0.1) is 6.58 Å². The third-order valence-electron chi connectivity index (χ3n) is 7.74. The second-order valence-electron chi connectivity index (χ2n) is 10.4. The lowest BCUT2D eigenvalue weighted by Gasteiger charge is -2.37. The number of nitrogens with one attached hydrogen (secondary N) is 1. The van der Waals surface area contributed by atoms with E-state index >= 15 is 0 Å². The molecule has 3 amide bonds. The zero-order valence-electron chi connectivity index (χ0n) is 21.3. The van der Waals surface area contributed by atoms with Crippen LogP contribution in [0, 0.1) is 0 Å². The van der Waals surface area contributed by atoms with E-state index in [2.05, 4.69) is 67.0 Å². The van der Waals surface area contributed by atoms with Crippen molar-refractivity contribution in [1.29, 1.82) is 0 Å². The molecule has 188 valence electrons. The highest BCUT2D eigenvalue weighted by atomic mass is 16.2. The highest BCUT2D eigenvalue weighted by Crippen LogP contribution is 2.38. The van der Waals surface area contributed by atoms with E-state index in [1.165, 1.54) is 11.1 Å². The number of carbonyl (C=O) groups excluding carboxylic acids is 2. The molecule has 1 atom stereocenters. The van der Waals surface area contributed by atoms with Gasteiger partial charge in [0.2, 0.25) is 0 Å². The lowest BCUT2D eigenvalue weighted by Crippen LogP contribution is -2.47. The summed E-state index contributed by atoms with van der Waals surface area (Å²) in [5, 5.41) is 3.10. The van der Waals surface area contributed by atoms with Gasteiger partial charge in [-0.25, -0.2) is 4.79 Å². The van der Waals surface area contributed by atoms with E-state index in [1.807, 2.05) is 23.1 Å². The van der Waals surface area contributed by atoms with Crippen LogP contribution in [0.25, 0.3) is 0 Å². The van der Waals surface area contributed by atoms with E-state index in [0.717, 1.165) is 43.7 Å². The minimum atomic E-state index is -0.426. The quantitative estimate of drug-likeness (QED) is 0.573. The van der Waals surface area contributed by atoms with Crippen LogP contribution in [0.3, 0.4) is 0 Å². The zero-order valence-corrected chi connectivity index (χ0v) is 21.3. The molecule has 0 aliphatic carbocycles. The van der Waals surface area contributed by atoms with Crippen molar-refractivity contribution in [3.8, 4) is 0 Å². The summed E-state index contributed by atoms with van der Waals surface area (Å²) in [4.78, 5) is 33.1. The van der Waals surface area contributed by atoms with Crippen LogP contribution in [-0.2, 0) is 11.3 Å². The Balaban J connectivity index is 1.34. The van der Waals surface area contributed by atoms with Gasteiger partial charge >= 0.3 is 6.03 Å². The number of amides is 3. The number of hydrogen-bond donors (Lipinski definition) is 1. The Labute approximate surface area is 214 Å². The number of benzene rings is 2. The SMILES string of the molecule is C=CCN1C(=O)NC(c2ccc(C(C)C)cc2)C2=C1CN(C1CCN(Cc3ccccc3)CC1)C2=O. The molecular weight excluding hydrogens is 448 g/mol. The van der Waals surface area contributed by atoms with Gasteiger partial charge in [-0.05, 0) is 35.4 Å². The fourth-order valence-corrected chi connectivity index (χ4v) is 5.68. The summed E-state index contributed by atoms with van der Waals surface area (Å²) in [7, 11) is 0. The molecule has 0 bridgehead atoms. The lowest BCUT2D eigenvalue weighted by atomic mass is 9.93. The van der Waals surface area contributed by atoms with E-state index in [0.29, 0.717) is 24.6 Å². The Morgan fingerprint density at radius 2 is 1.72 bits per heavy atom. The average Bonchev–Trinajstić information content (AvgIpc) is 3.23. The normalized spacial score (nSPS) is 21.2. The summed E-state index contributed by atoms with van der Waals surface area (Å²) in [6.07, 6.45) is 3.60. The first-order chi connectivity index (χ1) is 17.5. The molecule has 2 aromatic carbocycles. The van der Waals surface area contributed by atoms with Gasteiger partial charge in [0.15, 0.2) is 0 Å². The zero-order chi connectivity index (χ0) is 25.2. The summed E-state index contributed by atoms with van der Waals surface area (Å²) >= 11 is 0. The summed E-state index contributed by atoms with van der Waals surface area (Å²) in [6.45, 7) is 11.9. The van der Waals surface area contributed by atoms with Crippen molar-refractivity contribution in [2.45, 2.75) is 51.2 Å². The number of urea groups is 1. The fraction of sp³-hybridized carbons (Fsp3) is 0.400. The molecule has 6 heteroatoms. The third-order valence-corrected chi connectivity index (χ3v) is 7.74. The number of nitrogens with zero attached hydrogens (tertiary/aromatic N) is 3. The fourth-order valence-electron chi connectivity index (χ4n) is 5.68. The largest absolute Gasteiger partial charge is 0.330 e. The first kappa shape index (κ1) is 24.3.